The van der Waals surface area contributed by atoms with E-state index in [1.54, 1.807) is 18.4 Å². The third-order valence-electron chi connectivity index (χ3n) is 2.78. The van der Waals surface area contributed by atoms with Gasteiger partial charge in [0.05, 0.1) is 10.7 Å². The van der Waals surface area contributed by atoms with Gasteiger partial charge in [0.15, 0.2) is 5.96 Å². The molecule has 0 saturated heterocycles. The lowest BCUT2D eigenvalue weighted by Gasteiger charge is -2.11. The van der Waals surface area contributed by atoms with Crippen molar-refractivity contribution >= 4 is 17.3 Å². The van der Waals surface area contributed by atoms with Gasteiger partial charge in [-0.2, -0.15) is 0 Å². The van der Waals surface area contributed by atoms with Crippen LogP contribution in [0.2, 0.25) is 0 Å². The molecule has 0 fully saturated rings. The number of guanidine groups is 1. The van der Waals surface area contributed by atoms with Crippen LogP contribution >= 0.6 is 11.3 Å². The van der Waals surface area contributed by atoms with E-state index in [-0.39, 0.29) is 0 Å². The van der Waals surface area contributed by atoms with Crippen molar-refractivity contribution in [2.24, 2.45) is 4.99 Å². The monoisotopic (exact) mass is 298 g/mol. The van der Waals surface area contributed by atoms with Gasteiger partial charge in [0.1, 0.15) is 0 Å². The van der Waals surface area contributed by atoms with Gasteiger partial charge in [-0.1, -0.05) is 0 Å². The molecule has 5 nitrogen and oxygen atoms in total. The average molecular weight is 298 g/mol. The summed E-state index contributed by atoms with van der Waals surface area (Å²) in [6.45, 7) is 7.46. The fourth-order valence-corrected chi connectivity index (χ4v) is 2.38. The van der Waals surface area contributed by atoms with Crippen molar-refractivity contribution < 1.29 is 4.74 Å². The summed E-state index contributed by atoms with van der Waals surface area (Å²) in [6, 6.07) is 0. The van der Waals surface area contributed by atoms with Gasteiger partial charge in [0.2, 0.25) is 0 Å². The fraction of sp³-hybridized carbons (Fsp3) is 0.714. The zero-order valence-electron chi connectivity index (χ0n) is 12.7. The van der Waals surface area contributed by atoms with Crippen LogP contribution in [0.3, 0.4) is 0 Å². The number of thiazole rings is 1. The molecule has 0 bridgehead atoms. The number of hydrogen-bond donors (Lipinski definition) is 2. The van der Waals surface area contributed by atoms with Crippen LogP contribution in [0, 0.1) is 6.92 Å². The molecule has 0 unspecified atom stereocenters. The van der Waals surface area contributed by atoms with E-state index in [0.717, 1.165) is 62.2 Å². The minimum absolute atomic E-state index is 0.798. The minimum Gasteiger partial charge on any atom is -0.382 e. The minimum atomic E-state index is 0.798. The average Bonchev–Trinajstić information content (AvgIpc) is 2.86. The Morgan fingerprint density at radius 2 is 2.15 bits per heavy atom. The van der Waals surface area contributed by atoms with Gasteiger partial charge in [0.25, 0.3) is 0 Å². The van der Waals surface area contributed by atoms with Gasteiger partial charge in [-0.15, -0.1) is 11.3 Å². The molecule has 20 heavy (non-hydrogen) atoms. The third kappa shape index (κ3) is 7.45. The molecule has 2 N–H and O–H groups in total. The topological polar surface area (TPSA) is 58.5 Å². The molecular weight excluding hydrogens is 272 g/mol. The van der Waals surface area contributed by atoms with Gasteiger partial charge >= 0.3 is 0 Å². The first-order valence-corrected chi connectivity index (χ1v) is 8.07. The Bertz CT molecular complexity index is 392. The summed E-state index contributed by atoms with van der Waals surface area (Å²) < 4.78 is 5.30. The zero-order chi connectivity index (χ0) is 14.6. The molecule has 0 aliphatic heterocycles. The lowest BCUT2D eigenvalue weighted by molar-refractivity contribution is 0.143. The molecule has 0 spiro atoms. The van der Waals surface area contributed by atoms with E-state index < -0.39 is 0 Å². The number of unbranched alkanes of at least 4 members (excludes halogenated alkanes) is 1. The van der Waals surface area contributed by atoms with Crippen molar-refractivity contribution in [1.29, 1.82) is 0 Å². The molecule has 114 valence electrons. The molecule has 0 aliphatic carbocycles. The summed E-state index contributed by atoms with van der Waals surface area (Å²) in [4.78, 5) is 8.65. The van der Waals surface area contributed by atoms with Crippen molar-refractivity contribution in [2.75, 3.05) is 33.4 Å². The number of aryl methyl sites for hydroxylation is 1. The summed E-state index contributed by atoms with van der Waals surface area (Å²) in [5.41, 5.74) is 1.15. The molecule has 1 heterocycles. The van der Waals surface area contributed by atoms with Crippen molar-refractivity contribution in [3.05, 3.63) is 16.1 Å². The van der Waals surface area contributed by atoms with Crippen LogP contribution in [-0.4, -0.2) is 44.3 Å². The van der Waals surface area contributed by atoms with E-state index in [4.69, 9.17) is 4.74 Å². The lowest BCUT2D eigenvalue weighted by Crippen LogP contribution is -2.38. The number of hydrogen-bond acceptors (Lipinski definition) is 4. The number of ether oxygens (including phenoxy) is 1. The Morgan fingerprint density at radius 3 is 2.80 bits per heavy atom. The summed E-state index contributed by atoms with van der Waals surface area (Å²) in [6.07, 6.45) is 3.09. The first-order chi connectivity index (χ1) is 9.76. The molecule has 0 amide bonds. The maximum atomic E-state index is 5.30. The largest absolute Gasteiger partial charge is 0.382 e. The van der Waals surface area contributed by atoms with E-state index in [9.17, 15) is 0 Å². The van der Waals surface area contributed by atoms with E-state index >= 15 is 0 Å². The van der Waals surface area contributed by atoms with Crippen molar-refractivity contribution in [3.63, 3.8) is 0 Å². The predicted molar refractivity (Wildman–Crippen MR) is 85.6 cm³/mol. The molecule has 0 aliphatic rings. The number of aromatic nitrogens is 1. The molecule has 1 rings (SSSR count). The van der Waals surface area contributed by atoms with Gasteiger partial charge in [0, 0.05) is 45.2 Å². The van der Waals surface area contributed by atoms with Gasteiger partial charge in [-0.3, -0.25) is 4.99 Å². The van der Waals surface area contributed by atoms with Gasteiger partial charge < -0.3 is 15.4 Å². The second kappa shape index (κ2) is 10.6. The normalized spacial score (nSPS) is 11.7. The molecule has 0 radical (unpaired) electrons. The summed E-state index contributed by atoms with van der Waals surface area (Å²) in [7, 11) is 1.79. The number of rotatable bonds is 9. The Morgan fingerprint density at radius 1 is 1.35 bits per heavy atom. The standard InChI is InChI=1S/C14H26N4OS/c1-4-19-10-6-5-8-16-14(15-3)17-9-7-13-11-20-12(2)18-13/h11H,4-10H2,1-3H3,(H2,15,16,17). The van der Waals surface area contributed by atoms with Crippen molar-refractivity contribution in [3.8, 4) is 0 Å². The molecule has 0 saturated carbocycles. The van der Waals surface area contributed by atoms with Crippen LogP contribution in [-0.2, 0) is 11.2 Å². The first kappa shape index (κ1) is 16.9. The summed E-state index contributed by atoms with van der Waals surface area (Å²) in [5, 5.41) is 9.84. The highest BCUT2D eigenvalue weighted by Crippen LogP contribution is 2.07. The molecule has 0 aromatic carbocycles. The highest BCUT2D eigenvalue weighted by molar-refractivity contribution is 7.09. The third-order valence-corrected chi connectivity index (χ3v) is 3.60. The van der Waals surface area contributed by atoms with Gasteiger partial charge in [-0.25, -0.2) is 4.98 Å². The fourth-order valence-electron chi connectivity index (χ4n) is 1.73. The predicted octanol–water partition coefficient (Wildman–Crippen LogP) is 1.98. The van der Waals surface area contributed by atoms with E-state index in [2.05, 4.69) is 26.0 Å². The van der Waals surface area contributed by atoms with Crippen LogP contribution in [0.4, 0.5) is 0 Å². The molecule has 1 aromatic heterocycles. The summed E-state index contributed by atoms with van der Waals surface area (Å²) in [5.74, 6) is 0.855. The number of aliphatic imine (C=N–C) groups is 1. The van der Waals surface area contributed by atoms with Crippen molar-refractivity contribution in [2.45, 2.75) is 33.1 Å². The van der Waals surface area contributed by atoms with E-state index in [1.807, 2.05) is 13.8 Å². The smallest absolute Gasteiger partial charge is 0.190 e. The Hall–Kier alpha value is -1.14. The SMILES string of the molecule is CCOCCCCNC(=NC)NCCc1csc(C)n1. The zero-order valence-corrected chi connectivity index (χ0v) is 13.6. The van der Waals surface area contributed by atoms with Gasteiger partial charge in [-0.05, 0) is 26.7 Å². The van der Waals surface area contributed by atoms with Crippen LogP contribution in [0.5, 0.6) is 0 Å². The molecule has 1 aromatic rings. The van der Waals surface area contributed by atoms with E-state index in [1.165, 1.54) is 0 Å². The molecular formula is C14H26N4OS. The number of nitrogens with zero attached hydrogens (tertiary/aromatic N) is 2. The second-order valence-electron chi connectivity index (χ2n) is 4.44. The Balaban J connectivity index is 2.07. The highest BCUT2D eigenvalue weighted by atomic mass is 32.1. The maximum Gasteiger partial charge on any atom is 0.190 e. The summed E-state index contributed by atoms with van der Waals surface area (Å²) >= 11 is 1.70. The second-order valence-corrected chi connectivity index (χ2v) is 5.50. The lowest BCUT2D eigenvalue weighted by atomic mass is 10.3. The maximum absolute atomic E-state index is 5.30. The highest BCUT2D eigenvalue weighted by Gasteiger charge is 2.00. The van der Waals surface area contributed by atoms with Crippen LogP contribution in [0.25, 0.3) is 0 Å². The van der Waals surface area contributed by atoms with Crippen LogP contribution in [0.15, 0.2) is 10.4 Å². The molecule has 6 heteroatoms. The Kier molecular flexibility index (Phi) is 8.98. The Labute approximate surface area is 125 Å². The van der Waals surface area contributed by atoms with Crippen molar-refractivity contribution in [1.82, 2.24) is 15.6 Å². The quantitative estimate of drug-likeness (QED) is 0.416. The molecule has 0 atom stereocenters. The van der Waals surface area contributed by atoms with E-state index in [0.29, 0.717) is 0 Å². The first-order valence-electron chi connectivity index (χ1n) is 7.19. The van der Waals surface area contributed by atoms with Crippen LogP contribution < -0.4 is 10.6 Å². The van der Waals surface area contributed by atoms with Crippen LogP contribution in [0.1, 0.15) is 30.5 Å². The number of nitrogens with one attached hydrogen (secondary N) is 2.